The topological polar surface area (TPSA) is 59.9 Å². The van der Waals surface area contributed by atoms with Crippen molar-refractivity contribution >= 4 is 40.1 Å². The van der Waals surface area contributed by atoms with Crippen LogP contribution in [0.15, 0.2) is 67.1 Å². The number of allylic oxidation sites excluding steroid dienone is 1. The Morgan fingerprint density at radius 1 is 1.03 bits per heavy atom. The van der Waals surface area contributed by atoms with Crippen molar-refractivity contribution in [3.05, 3.63) is 90.3 Å². The third-order valence-corrected chi connectivity index (χ3v) is 4.57. The molecule has 0 saturated heterocycles. The van der Waals surface area contributed by atoms with Gasteiger partial charge >= 0.3 is 0 Å². The van der Waals surface area contributed by atoms with Gasteiger partial charge in [-0.25, -0.2) is 9.97 Å². The molecule has 5 nitrogen and oxygen atoms in total. The Kier molecular flexibility index (Phi) is 5.40. The number of fused-ring (bicyclic) bond motifs is 1. The van der Waals surface area contributed by atoms with Gasteiger partial charge in [0.15, 0.2) is 0 Å². The highest BCUT2D eigenvalue weighted by Gasteiger charge is 2.08. The van der Waals surface area contributed by atoms with Crippen molar-refractivity contribution in [1.82, 2.24) is 15.0 Å². The van der Waals surface area contributed by atoms with Crippen LogP contribution in [0.3, 0.4) is 0 Å². The summed E-state index contributed by atoms with van der Waals surface area (Å²) in [5.74, 6) is 1.88. The third kappa shape index (κ3) is 4.36. The maximum absolute atomic E-state index is 6.43. The first-order valence-electron chi connectivity index (χ1n) is 9.00. The number of aromatic nitrogens is 3. The van der Waals surface area contributed by atoms with E-state index in [2.05, 4.69) is 27.2 Å². The number of hydrogen-bond donors (Lipinski definition) is 1. The average molecular weight is 402 g/mol. The number of anilines is 2. The number of nitrogens with one attached hydrogen (secondary N) is 1. The number of benzene rings is 2. The van der Waals surface area contributed by atoms with Gasteiger partial charge in [0.1, 0.15) is 23.6 Å². The monoisotopic (exact) mass is 401 g/mol. The zero-order valence-electron chi connectivity index (χ0n) is 15.8. The maximum Gasteiger partial charge on any atom is 0.146 e. The van der Waals surface area contributed by atoms with E-state index in [1.807, 2.05) is 55.5 Å². The van der Waals surface area contributed by atoms with Crippen LogP contribution in [-0.4, -0.2) is 15.0 Å². The maximum atomic E-state index is 6.43. The molecule has 4 rings (SSSR count). The summed E-state index contributed by atoms with van der Waals surface area (Å²) in [5.41, 5.74) is 3.59. The van der Waals surface area contributed by atoms with Crippen molar-refractivity contribution in [2.45, 2.75) is 6.92 Å². The summed E-state index contributed by atoms with van der Waals surface area (Å²) in [6, 6.07) is 15.2. The standard InChI is InChI=1S/C23H18ClN4O/c1-3-4-16-6-9-21-19(11-16)23(27-14-26-21)28-17-7-10-22(20(24)12-17)29-18-8-5-15(2)25-13-18/h3-14H,1H2,2H3,(H,26,27,28)/b4-3+. The predicted molar refractivity (Wildman–Crippen MR) is 118 cm³/mol. The molecule has 29 heavy (non-hydrogen) atoms. The van der Waals surface area contributed by atoms with Gasteiger partial charge < -0.3 is 10.1 Å². The number of rotatable bonds is 5. The van der Waals surface area contributed by atoms with Crippen molar-refractivity contribution in [1.29, 1.82) is 0 Å². The Balaban J connectivity index is 1.60. The van der Waals surface area contributed by atoms with E-state index in [9.17, 15) is 0 Å². The first-order chi connectivity index (χ1) is 14.1. The summed E-state index contributed by atoms with van der Waals surface area (Å²) < 4.78 is 5.82. The molecule has 0 spiro atoms. The van der Waals surface area contributed by atoms with Crippen LogP contribution in [0.1, 0.15) is 11.3 Å². The Labute approximate surface area is 174 Å². The fraction of sp³-hybridized carbons (Fsp3) is 0.0435. The molecule has 1 N–H and O–H groups in total. The molecule has 0 fully saturated rings. The van der Waals surface area contributed by atoms with Gasteiger partial charge in [-0.2, -0.15) is 0 Å². The van der Waals surface area contributed by atoms with E-state index in [4.69, 9.17) is 16.3 Å². The van der Waals surface area contributed by atoms with E-state index >= 15 is 0 Å². The average Bonchev–Trinajstić information content (AvgIpc) is 2.72. The number of nitrogens with zero attached hydrogens (tertiary/aromatic N) is 3. The zero-order valence-corrected chi connectivity index (χ0v) is 16.5. The van der Waals surface area contributed by atoms with Crippen LogP contribution >= 0.6 is 11.6 Å². The summed E-state index contributed by atoms with van der Waals surface area (Å²) >= 11 is 6.43. The highest BCUT2D eigenvalue weighted by atomic mass is 35.5. The van der Waals surface area contributed by atoms with Crippen LogP contribution in [0.4, 0.5) is 11.5 Å². The zero-order chi connectivity index (χ0) is 20.2. The Hall–Kier alpha value is -3.44. The highest BCUT2D eigenvalue weighted by Crippen LogP contribution is 2.33. The van der Waals surface area contributed by atoms with Crippen LogP contribution in [0.5, 0.6) is 11.5 Å². The van der Waals surface area contributed by atoms with Gasteiger partial charge in [0, 0.05) is 16.8 Å². The first-order valence-corrected chi connectivity index (χ1v) is 9.38. The second-order valence-corrected chi connectivity index (χ2v) is 6.82. The van der Waals surface area contributed by atoms with E-state index in [-0.39, 0.29) is 0 Å². The molecule has 0 aliphatic carbocycles. The molecule has 2 heterocycles. The second kappa shape index (κ2) is 8.29. The van der Waals surface area contributed by atoms with Gasteiger partial charge in [-0.05, 0) is 61.9 Å². The minimum atomic E-state index is 0.481. The van der Waals surface area contributed by atoms with E-state index in [0.29, 0.717) is 22.3 Å². The molecule has 4 aromatic rings. The molecule has 2 aromatic heterocycles. The summed E-state index contributed by atoms with van der Waals surface area (Å²) in [6.07, 6.45) is 6.88. The van der Waals surface area contributed by atoms with Gasteiger partial charge in [0.25, 0.3) is 0 Å². The number of halogens is 1. The fourth-order valence-electron chi connectivity index (χ4n) is 2.85. The Bertz CT molecular complexity index is 1190. The van der Waals surface area contributed by atoms with E-state index in [1.165, 1.54) is 6.33 Å². The molecule has 0 aliphatic heterocycles. The largest absolute Gasteiger partial charge is 0.454 e. The van der Waals surface area contributed by atoms with Crippen molar-refractivity contribution in [3.63, 3.8) is 0 Å². The molecular formula is C23H18ClN4O. The lowest BCUT2D eigenvalue weighted by Gasteiger charge is -2.12. The van der Waals surface area contributed by atoms with Crippen LogP contribution in [-0.2, 0) is 0 Å². The van der Waals surface area contributed by atoms with Crippen LogP contribution in [0.2, 0.25) is 5.02 Å². The van der Waals surface area contributed by atoms with Gasteiger partial charge in [0.2, 0.25) is 0 Å². The predicted octanol–water partition coefficient (Wildman–Crippen LogP) is 6.37. The van der Waals surface area contributed by atoms with Gasteiger partial charge in [-0.1, -0.05) is 29.8 Å². The minimum Gasteiger partial charge on any atom is -0.454 e. The molecule has 0 aliphatic rings. The number of hydrogen-bond acceptors (Lipinski definition) is 5. The van der Waals surface area contributed by atoms with Crippen molar-refractivity contribution in [3.8, 4) is 11.5 Å². The van der Waals surface area contributed by atoms with Crippen molar-refractivity contribution < 1.29 is 4.74 Å². The van der Waals surface area contributed by atoms with Crippen molar-refractivity contribution in [2.75, 3.05) is 5.32 Å². The summed E-state index contributed by atoms with van der Waals surface area (Å²) in [5, 5.41) is 4.70. The number of ether oxygens (including phenoxy) is 1. The van der Waals surface area contributed by atoms with Gasteiger partial charge in [-0.3, -0.25) is 4.98 Å². The van der Waals surface area contributed by atoms with Gasteiger partial charge in [0.05, 0.1) is 16.7 Å². The molecule has 0 amide bonds. The van der Waals surface area contributed by atoms with Crippen LogP contribution < -0.4 is 10.1 Å². The van der Waals surface area contributed by atoms with E-state index in [1.54, 1.807) is 18.3 Å². The molecule has 2 aromatic carbocycles. The number of pyridine rings is 1. The molecule has 0 unspecified atom stereocenters. The highest BCUT2D eigenvalue weighted by molar-refractivity contribution is 6.32. The lowest BCUT2D eigenvalue weighted by Crippen LogP contribution is -1.97. The van der Waals surface area contributed by atoms with Crippen LogP contribution in [0, 0.1) is 13.8 Å². The van der Waals surface area contributed by atoms with Crippen LogP contribution in [0.25, 0.3) is 17.0 Å². The van der Waals surface area contributed by atoms with Gasteiger partial charge in [-0.15, -0.1) is 0 Å². The first kappa shape index (κ1) is 18.9. The summed E-state index contributed by atoms with van der Waals surface area (Å²) in [6.45, 7) is 5.67. The van der Waals surface area contributed by atoms with E-state index < -0.39 is 0 Å². The second-order valence-electron chi connectivity index (χ2n) is 6.41. The molecular weight excluding hydrogens is 384 g/mol. The van der Waals surface area contributed by atoms with Crippen molar-refractivity contribution in [2.24, 2.45) is 0 Å². The lowest BCUT2D eigenvalue weighted by molar-refractivity contribution is 0.480. The molecule has 0 saturated carbocycles. The molecule has 0 bridgehead atoms. The minimum absolute atomic E-state index is 0.481. The molecule has 143 valence electrons. The smallest absolute Gasteiger partial charge is 0.146 e. The third-order valence-electron chi connectivity index (χ3n) is 4.28. The molecule has 1 radical (unpaired) electrons. The normalized spacial score (nSPS) is 11.1. The number of aryl methyl sites for hydroxylation is 1. The lowest BCUT2D eigenvalue weighted by atomic mass is 10.1. The fourth-order valence-corrected chi connectivity index (χ4v) is 3.07. The molecule has 0 atom stereocenters. The quantitative estimate of drug-likeness (QED) is 0.421. The SMILES string of the molecule is [CH2]/C=C/c1ccc2ncnc(Nc3ccc(Oc4ccc(C)nc4)c(Cl)c3)c2c1. The van der Waals surface area contributed by atoms with E-state index in [0.717, 1.165) is 27.8 Å². The Morgan fingerprint density at radius 2 is 1.93 bits per heavy atom. The summed E-state index contributed by atoms with van der Waals surface area (Å²) in [7, 11) is 0. The molecule has 6 heteroatoms. The summed E-state index contributed by atoms with van der Waals surface area (Å²) in [4.78, 5) is 12.9. The Morgan fingerprint density at radius 3 is 2.69 bits per heavy atom.